The minimum atomic E-state index is -4.09. The summed E-state index contributed by atoms with van der Waals surface area (Å²) in [6.45, 7) is 0.385. The van der Waals surface area contributed by atoms with Crippen molar-refractivity contribution in [2.75, 3.05) is 0 Å². The third-order valence-electron chi connectivity index (χ3n) is 4.17. The lowest BCUT2D eigenvalue weighted by molar-refractivity contribution is 0.567. The number of benzene rings is 2. The zero-order valence-corrected chi connectivity index (χ0v) is 15.2. The van der Waals surface area contributed by atoms with Gasteiger partial charge in [0.1, 0.15) is 23.0 Å². The van der Waals surface area contributed by atoms with Crippen LogP contribution in [0.1, 0.15) is 16.8 Å². The van der Waals surface area contributed by atoms with E-state index in [9.17, 15) is 17.2 Å². The summed E-state index contributed by atoms with van der Waals surface area (Å²) in [4.78, 5) is 7.93. The van der Waals surface area contributed by atoms with Crippen LogP contribution in [0, 0.1) is 23.5 Å². The van der Waals surface area contributed by atoms with Crippen molar-refractivity contribution in [1.29, 1.82) is 0 Å². The van der Waals surface area contributed by atoms with E-state index in [0.29, 0.717) is 29.6 Å². The first-order valence-corrected chi connectivity index (χ1v) is 9.74. The van der Waals surface area contributed by atoms with Gasteiger partial charge in [-0.15, -0.1) is 0 Å². The van der Waals surface area contributed by atoms with E-state index in [4.69, 9.17) is 0 Å². The first-order valence-electron chi connectivity index (χ1n) is 8.25. The number of aliphatic imine (C=N–C) groups is 1. The van der Waals surface area contributed by atoms with Crippen LogP contribution in [0.5, 0.6) is 0 Å². The van der Waals surface area contributed by atoms with Crippen molar-refractivity contribution in [3.8, 4) is 11.8 Å². The average Bonchev–Trinajstić information content (AvgIpc) is 3.09. The van der Waals surface area contributed by atoms with Crippen LogP contribution in [-0.2, 0) is 16.4 Å². The van der Waals surface area contributed by atoms with Gasteiger partial charge in [-0.25, -0.2) is 22.2 Å². The zero-order valence-electron chi connectivity index (χ0n) is 14.4. The Balaban J connectivity index is 1.73. The highest BCUT2D eigenvalue weighted by atomic mass is 32.2. The number of aromatic nitrogens is 1. The first-order chi connectivity index (χ1) is 13.4. The molecule has 0 unspecified atom stereocenters. The number of halogens is 2. The molecule has 0 amide bonds. The maximum absolute atomic E-state index is 13.5. The normalized spacial score (nSPS) is 12.7. The minimum Gasteiger partial charge on any atom is -0.271 e. The van der Waals surface area contributed by atoms with E-state index >= 15 is 0 Å². The fourth-order valence-electron chi connectivity index (χ4n) is 2.82. The van der Waals surface area contributed by atoms with E-state index < -0.39 is 26.4 Å². The van der Waals surface area contributed by atoms with E-state index in [1.807, 2.05) is 6.07 Å². The molecule has 0 fully saturated rings. The Morgan fingerprint density at radius 1 is 0.893 bits per heavy atom. The number of sulfone groups is 1. The van der Waals surface area contributed by atoms with Crippen LogP contribution in [-0.4, -0.2) is 19.1 Å². The lowest BCUT2D eigenvalue weighted by Crippen LogP contribution is -2.05. The topological polar surface area (TPSA) is 59.4 Å². The molecule has 0 radical (unpaired) electrons. The molecule has 3 aromatic rings. The fourth-order valence-corrected chi connectivity index (χ4v) is 4.14. The largest absolute Gasteiger partial charge is 0.271 e. The molecule has 0 N–H and O–H groups in total. The molecule has 138 valence electrons. The number of rotatable bonds is 2. The maximum Gasteiger partial charge on any atom is 0.206 e. The highest BCUT2D eigenvalue weighted by Crippen LogP contribution is 2.27. The van der Waals surface area contributed by atoms with Crippen molar-refractivity contribution < 1.29 is 17.2 Å². The second-order valence-corrected chi connectivity index (χ2v) is 8.01. The monoisotopic (exact) mass is 394 g/mol. The molecular formula is C21H12F2N2O2S. The first kappa shape index (κ1) is 18.0. The average molecular weight is 394 g/mol. The number of hydrogen-bond acceptors (Lipinski definition) is 4. The smallest absolute Gasteiger partial charge is 0.206 e. The van der Waals surface area contributed by atoms with Gasteiger partial charge in [-0.3, -0.25) is 4.99 Å². The van der Waals surface area contributed by atoms with Gasteiger partial charge >= 0.3 is 0 Å². The molecule has 2 aromatic carbocycles. The molecule has 1 aliphatic heterocycles. The lowest BCUT2D eigenvalue weighted by atomic mass is 10.1. The van der Waals surface area contributed by atoms with E-state index in [1.165, 1.54) is 12.1 Å². The molecule has 1 aromatic heterocycles. The van der Waals surface area contributed by atoms with Crippen molar-refractivity contribution in [1.82, 2.24) is 4.98 Å². The summed E-state index contributed by atoms with van der Waals surface area (Å²) >= 11 is 0. The minimum absolute atomic E-state index is 0.0783. The molecule has 7 heteroatoms. The Labute approximate surface area is 160 Å². The Hall–Kier alpha value is -3.37. The molecule has 0 atom stereocenters. The highest BCUT2D eigenvalue weighted by Gasteiger charge is 2.23. The van der Waals surface area contributed by atoms with Crippen LogP contribution in [0.25, 0.3) is 0 Å². The summed E-state index contributed by atoms with van der Waals surface area (Å²) in [7, 11) is -4.09. The van der Waals surface area contributed by atoms with Crippen LogP contribution >= 0.6 is 0 Å². The summed E-state index contributed by atoms with van der Waals surface area (Å²) in [5, 5.41) is 0. The van der Waals surface area contributed by atoms with Crippen LogP contribution in [0.15, 0.2) is 75.6 Å². The van der Waals surface area contributed by atoms with Crippen LogP contribution in [0.2, 0.25) is 0 Å². The number of nitrogens with zero attached hydrogens (tertiary/aromatic N) is 2. The Morgan fingerprint density at radius 2 is 1.68 bits per heavy atom. The summed E-state index contributed by atoms with van der Waals surface area (Å²) in [6, 6.07) is 12.0. The lowest BCUT2D eigenvalue weighted by Gasteiger charge is -2.07. The van der Waals surface area contributed by atoms with Gasteiger partial charge in [0, 0.05) is 17.8 Å². The Morgan fingerprint density at radius 3 is 2.39 bits per heavy atom. The van der Waals surface area contributed by atoms with Gasteiger partial charge in [0.2, 0.25) is 9.84 Å². The molecule has 4 rings (SSSR count). The van der Waals surface area contributed by atoms with Crippen LogP contribution in [0.4, 0.5) is 8.78 Å². The second-order valence-electron chi connectivity index (χ2n) is 6.06. The van der Waals surface area contributed by atoms with E-state index in [2.05, 4.69) is 21.8 Å². The zero-order chi connectivity index (χ0) is 19.7. The standard InChI is InChI=1S/C21H12F2N2O2S/c22-15-9-16(23)11-19(10-15)28(26,27)18-6-4-14-13-25-21(20(14)12-18)7-5-17-3-1-2-8-24-17/h1-4,6,8-12H,13H2. The van der Waals surface area contributed by atoms with Gasteiger partial charge < -0.3 is 0 Å². The molecule has 0 bridgehead atoms. The second kappa shape index (κ2) is 6.98. The predicted octanol–water partition coefficient (Wildman–Crippen LogP) is 3.55. The third kappa shape index (κ3) is 3.42. The van der Waals surface area contributed by atoms with Gasteiger partial charge in [0.05, 0.1) is 16.3 Å². The maximum atomic E-state index is 13.5. The number of pyridine rings is 1. The summed E-state index contributed by atoms with van der Waals surface area (Å²) in [6.07, 6.45) is 1.62. The van der Waals surface area contributed by atoms with Crippen molar-refractivity contribution in [3.63, 3.8) is 0 Å². The molecule has 2 heterocycles. The molecule has 0 spiro atoms. The van der Waals surface area contributed by atoms with Gasteiger partial charge in [-0.2, -0.15) is 0 Å². The van der Waals surface area contributed by atoms with Crippen LogP contribution in [0.3, 0.4) is 0 Å². The van der Waals surface area contributed by atoms with Crippen molar-refractivity contribution in [3.05, 3.63) is 89.2 Å². The van der Waals surface area contributed by atoms with Crippen molar-refractivity contribution in [2.45, 2.75) is 16.3 Å². The molecule has 0 saturated heterocycles. The van der Waals surface area contributed by atoms with Gasteiger partial charge in [-0.1, -0.05) is 12.1 Å². The summed E-state index contributed by atoms with van der Waals surface area (Å²) in [5.74, 6) is 3.89. The van der Waals surface area contributed by atoms with Gasteiger partial charge in [-0.05, 0) is 53.8 Å². The third-order valence-corrected chi connectivity index (χ3v) is 5.91. The molecular weight excluding hydrogens is 382 g/mol. The summed E-state index contributed by atoms with van der Waals surface area (Å²) in [5.41, 5.74) is 2.43. The Kier molecular flexibility index (Phi) is 4.49. The van der Waals surface area contributed by atoms with Gasteiger partial charge in [0.15, 0.2) is 0 Å². The van der Waals surface area contributed by atoms with E-state index in [0.717, 1.165) is 17.7 Å². The van der Waals surface area contributed by atoms with Crippen LogP contribution < -0.4 is 0 Å². The van der Waals surface area contributed by atoms with E-state index in [1.54, 1.807) is 24.4 Å². The number of fused-ring (bicyclic) bond motifs is 1. The highest BCUT2D eigenvalue weighted by molar-refractivity contribution is 7.91. The fraction of sp³-hybridized carbons (Fsp3) is 0.0476. The Bertz CT molecular complexity index is 1250. The van der Waals surface area contributed by atoms with Crippen molar-refractivity contribution >= 4 is 15.5 Å². The van der Waals surface area contributed by atoms with Gasteiger partial charge in [0.25, 0.3) is 0 Å². The van der Waals surface area contributed by atoms with Crippen molar-refractivity contribution in [2.24, 2.45) is 4.99 Å². The quantitative estimate of drug-likeness (QED) is 0.625. The number of hydrogen-bond donors (Lipinski definition) is 0. The molecule has 1 aliphatic rings. The van der Waals surface area contributed by atoms with E-state index in [-0.39, 0.29) is 4.90 Å². The molecule has 4 nitrogen and oxygen atoms in total. The molecule has 0 aliphatic carbocycles. The molecule has 28 heavy (non-hydrogen) atoms. The molecule has 0 saturated carbocycles. The predicted molar refractivity (Wildman–Crippen MR) is 99.6 cm³/mol. The SMILES string of the molecule is O=S(=O)(c1cc(F)cc(F)c1)c1ccc2c(c1)C(C#Cc1ccccn1)=NC2. The summed E-state index contributed by atoms with van der Waals surface area (Å²) < 4.78 is 52.5.